The van der Waals surface area contributed by atoms with Gasteiger partial charge >= 0.3 is 6.01 Å². The molecule has 0 spiro atoms. The van der Waals surface area contributed by atoms with Gasteiger partial charge in [0, 0.05) is 13.7 Å². The van der Waals surface area contributed by atoms with Crippen LogP contribution in [0.4, 0.5) is 11.9 Å². The van der Waals surface area contributed by atoms with Gasteiger partial charge in [0.2, 0.25) is 11.9 Å². The predicted octanol–water partition coefficient (Wildman–Crippen LogP) is 1.68. The van der Waals surface area contributed by atoms with E-state index in [4.69, 9.17) is 9.47 Å². The third-order valence-electron chi connectivity index (χ3n) is 3.46. The zero-order chi connectivity index (χ0) is 14.8. The van der Waals surface area contributed by atoms with Crippen molar-refractivity contribution in [1.82, 2.24) is 15.0 Å². The lowest BCUT2D eigenvalue weighted by molar-refractivity contribution is 0.105. The number of nitrogens with one attached hydrogen (secondary N) is 2. The first kappa shape index (κ1) is 14.8. The molecule has 1 aromatic heterocycles. The molecule has 1 aliphatic heterocycles. The fraction of sp³-hybridized carbons (Fsp3) is 0.769. The molecule has 2 rings (SSSR count). The molecule has 1 fully saturated rings. The average molecular weight is 281 g/mol. The lowest BCUT2D eigenvalue weighted by Crippen LogP contribution is -2.41. The number of hydrogen-bond donors (Lipinski definition) is 2. The van der Waals surface area contributed by atoms with Crippen LogP contribution in [0.3, 0.4) is 0 Å². The molecule has 0 bridgehead atoms. The van der Waals surface area contributed by atoms with E-state index in [1.54, 1.807) is 7.05 Å². The molecule has 1 saturated heterocycles. The van der Waals surface area contributed by atoms with Gasteiger partial charge in [0.25, 0.3) is 0 Å². The van der Waals surface area contributed by atoms with Crippen molar-refractivity contribution in [2.75, 3.05) is 24.3 Å². The van der Waals surface area contributed by atoms with Crippen molar-refractivity contribution in [1.29, 1.82) is 0 Å². The highest BCUT2D eigenvalue weighted by Crippen LogP contribution is 2.29. The topological polar surface area (TPSA) is 81.2 Å². The molecule has 2 N–H and O–H groups in total. The van der Waals surface area contributed by atoms with Crippen molar-refractivity contribution in [3.63, 3.8) is 0 Å². The second kappa shape index (κ2) is 5.78. The standard InChI is InChI=1S/C13H23N5O2/c1-8(2)20-12-16-10(14-5)15-11(17-12)18-13(4)6-7-19-9(13)3/h8-9H,6-7H2,1-5H3,(H2,14,15,16,17,18). The highest BCUT2D eigenvalue weighted by molar-refractivity contribution is 5.38. The van der Waals surface area contributed by atoms with Crippen LogP contribution >= 0.6 is 0 Å². The van der Waals surface area contributed by atoms with Crippen molar-refractivity contribution in [3.8, 4) is 6.01 Å². The first-order valence-electron chi connectivity index (χ1n) is 6.93. The Hall–Kier alpha value is -1.63. The first-order valence-corrected chi connectivity index (χ1v) is 6.93. The van der Waals surface area contributed by atoms with E-state index in [2.05, 4.69) is 32.5 Å². The number of ether oxygens (including phenoxy) is 2. The number of anilines is 2. The lowest BCUT2D eigenvalue weighted by atomic mass is 9.95. The molecule has 2 heterocycles. The maximum Gasteiger partial charge on any atom is 0.323 e. The second-order valence-electron chi connectivity index (χ2n) is 5.49. The van der Waals surface area contributed by atoms with Crippen LogP contribution in [0, 0.1) is 0 Å². The Bertz CT molecular complexity index is 468. The van der Waals surface area contributed by atoms with Crippen molar-refractivity contribution >= 4 is 11.9 Å². The summed E-state index contributed by atoms with van der Waals surface area (Å²) < 4.78 is 11.2. The Morgan fingerprint density at radius 1 is 1.30 bits per heavy atom. The zero-order valence-corrected chi connectivity index (χ0v) is 12.7. The SMILES string of the molecule is CNc1nc(NC2(C)CCOC2C)nc(OC(C)C)n1. The highest BCUT2D eigenvalue weighted by Gasteiger charge is 2.37. The van der Waals surface area contributed by atoms with Crippen molar-refractivity contribution in [3.05, 3.63) is 0 Å². The van der Waals surface area contributed by atoms with Gasteiger partial charge in [-0.2, -0.15) is 15.0 Å². The fourth-order valence-electron chi connectivity index (χ4n) is 2.04. The molecule has 112 valence electrons. The molecular weight excluding hydrogens is 258 g/mol. The van der Waals surface area contributed by atoms with Crippen LogP contribution in [0.5, 0.6) is 6.01 Å². The summed E-state index contributed by atoms with van der Waals surface area (Å²) >= 11 is 0. The average Bonchev–Trinajstić information content (AvgIpc) is 2.68. The number of rotatable bonds is 5. The predicted molar refractivity (Wildman–Crippen MR) is 77.2 cm³/mol. The van der Waals surface area contributed by atoms with E-state index >= 15 is 0 Å². The van der Waals surface area contributed by atoms with E-state index in [0.717, 1.165) is 13.0 Å². The van der Waals surface area contributed by atoms with E-state index in [-0.39, 0.29) is 17.7 Å². The Kier molecular flexibility index (Phi) is 4.27. The third kappa shape index (κ3) is 3.27. The molecular formula is C13H23N5O2. The summed E-state index contributed by atoms with van der Waals surface area (Å²) in [5.74, 6) is 0.980. The highest BCUT2D eigenvalue weighted by atomic mass is 16.5. The normalized spacial score (nSPS) is 25.8. The molecule has 2 unspecified atom stereocenters. The molecule has 7 nitrogen and oxygen atoms in total. The van der Waals surface area contributed by atoms with Gasteiger partial charge in [-0.3, -0.25) is 0 Å². The molecule has 0 radical (unpaired) electrons. The summed E-state index contributed by atoms with van der Waals surface area (Å²) in [6, 6.07) is 0.317. The Labute approximate surface area is 119 Å². The second-order valence-corrected chi connectivity index (χ2v) is 5.49. The van der Waals surface area contributed by atoms with Crippen LogP contribution in [0.25, 0.3) is 0 Å². The Morgan fingerprint density at radius 3 is 2.55 bits per heavy atom. The lowest BCUT2D eigenvalue weighted by Gasteiger charge is -2.28. The summed E-state index contributed by atoms with van der Waals surface area (Å²) in [4.78, 5) is 12.8. The minimum Gasteiger partial charge on any atom is -0.461 e. The van der Waals surface area contributed by atoms with E-state index < -0.39 is 0 Å². The van der Waals surface area contributed by atoms with Gasteiger partial charge in [-0.25, -0.2) is 0 Å². The van der Waals surface area contributed by atoms with Crippen LogP contribution in [-0.4, -0.2) is 46.4 Å². The third-order valence-corrected chi connectivity index (χ3v) is 3.46. The zero-order valence-electron chi connectivity index (χ0n) is 12.7. The number of hydrogen-bond acceptors (Lipinski definition) is 7. The van der Waals surface area contributed by atoms with Gasteiger partial charge in [-0.15, -0.1) is 0 Å². The van der Waals surface area contributed by atoms with E-state index in [1.807, 2.05) is 20.8 Å². The molecule has 0 amide bonds. The summed E-state index contributed by atoms with van der Waals surface area (Å²) in [5, 5.41) is 6.26. The molecule has 0 saturated carbocycles. The molecule has 1 aliphatic rings. The van der Waals surface area contributed by atoms with Gasteiger partial charge < -0.3 is 20.1 Å². The van der Waals surface area contributed by atoms with Crippen molar-refractivity contribution in [2.24, 2.45) is 0 Å². The summed E-state index contributed by atoms with van der Waals surface area (Å²) in [6.45, 7) is 8.76. The molecule has 0 aromatic carbocycles. The van der Waals surface area contributed by atoms with Crippen molar-refractivity contribution in [2.45, 2.75) is 51.9 Å². The quantitative estimate of drug-likeness (QED) is 0.849. The van der Waals surface area contributed by atoms with Gasteiger partial charge in [0.05, 0.1) is 17.7 Å². The molecule has 1 aromatic rings. The number of nitrogens with zero attached hydrogens (tertiary/aromatic N) is 3. The molecule has 7 heteroatoms. The van der Waals surface area contributed by atoms with Crippen LogP contribution < -0.4 is 15.4 Å². The first-order chi connectivity index (χ1) is 9.43. The van der Waals surface area contributed by atoms with Gasteiger partial charge in [-0.1, -0.05) is 0 Å². The van der Waals surface area contributed by atoms with Crippen molar-refractivity contribution < 1.29 is 9.47 Å². The van der Waals surface area contributed by atoms with Gasteiger partial charge in [0.1, 0.15) is 0 Å². The van der Waals surface area contributed by atoms with Gasteiger partial charge in [0.15, 0.2) is 0 Å². The monoisotopic (exact) mass is 281 g/mol. The summed E-state index contributed by atoms with van der Waals surface area (Å²) in [7, 11) is 1.77. The fourth-order valence-corrected chi connectivity index (χ4v) is 2.04. The Balaban J connectivity index is 2.22. The maximum absolute atomic E-state index is 5.61. The largest absolute Gasteiger partial charge is 0.461 e. The van der Waals surface area contributed by atoms with E-state index in [0.29, 0.717) is 17.9 Å². The van der Waals surface area contributed by atoms with Crippen LogP contribution in [0.15, 0.2) is 0 Å². The molecule has 20 heavy (non-hydrogen) atoms. The van der Waals surface area contributed by atoms with Gasteiger partial charge in [-0.05, 0) is 34.1 Å². The molecule has 2 atom stereocenters. The summed E-state index contributed by atoms with van der Waals surface area (Å²) in [5.41, 5.74) is -0.179. The minimum atomic E-state index is -0.179. The van der Waals surface area contributed by atoms with Crippen LogP contribution in [0.2, 0.25) is 0 Å². The summed E-state index contributed by atoms with van der Waals surface area (Å²) in [6.07, 6.45) is 1.03. The van der Waals surface area contributed by atoms with Crippen LogP contribution in [-0.2, 0) is 4.74 Å². The maximum atomic E-state index is 5.61. The molecule has 0 aliphatic carbocycles. The smallest absolute Gasteiger partial charge is 0.323 e. The van der Waals surface area contributed by atoms with E-state index in [9.17, 15) is 0 Å². The van der Waals surface area contributed by atoms with Crippen LogP contribution in [0.1, 0.15) is 34.1 Å². The Morgan fingerprint density at radius 2 is 2.00 bits per heavy atom. The van der Waals surface area contributed by atoms with E-state index in [1.165, 1.54) is 0 Å². The minimum absolute atomic E-state index is 0.0132. The number of aromatic nitrogens is 3.